The van der Waals surface area contributed by atoms with Crippen molar-refractivity contribution >= 4 is 17.5 Å². The van der Waals surface area contributed by atoms with Gasteiger partial charge in [0.1, 0.15) is 5.75 Å². The van der Waals surface area contributed by atoms with Crippen molar-refractivity contribution in [2.24, 2.45) is 0 Å². The Morgan fingerprint density at radius 2 is 1.70 bits per heavy atom. The molecule has 0 fully saturated rings. The summed E-state index contributed by atoms with van der Waals surface area (Å²) in [5, 5.41) is 14.8. The molecule has 0 saturated heterocycles. The van der Waals surface area contributed by atoms with Crippen molar-refractivity contribution in [3.8, 4) is 5.75 Å². The lowest BCUT2D eigenvalue weighted by Crippen LogP contribution is -2.46. The monoisotopic (exact) mass is 370 g/mol. The van der Waals surface area contributed by atoms with E-state index in [0.717, 1.165) is 5.56 Å². The first kappa shape index (κ1) is 20.5. The lowest BCUT2D eigenvalue weighted by molar-refractivity contribution is -0.123. The number of anilines is 1. The molecule has 0 aliphatic carbocycles. The Labute approximate surface area is 159 Å². The molecule has 0 heterocycles. The SMILES string of the molecule is CC(Oc1ccccc1)C(=O)Nc1ccc(CC(=O)NC(C)(C)CO)cc1. The van der Waals surface area contributed by atoms with Gasteiger partial charge in [0.15, 0.2) is 6.10 Å². The second-order valence-electron chi connectivity index (χ2n) is 7.03. The van der Waals surface area contributed by atoms with Crippen LogP contribution in [0.15, 0.2) is 54.6 Å². The Morgan fingerprint density at radius 1 is 1.07 bits per heavy atom. The summed E-state index contributed by atoms with van der Waals surface area (Å²) in [6, 6.07) is 16.2. The quantitative estimate of drug-likeness (QED) is 0.666. The third kappa shape index (κ3) is 6.75. The number of para-hydroxylation sites is 1. The van der Waals surface area contributed by atoms with E-state index in [0.29, 0.717) is 11.4 Å². The fraction of sp³-hybridized carbons (Fsp3) is 0.333. The van der Waals surface area contributed by atoms with E-state index in [1.165, 1.54) is 0 Å². The summed E-state index contributed by atoms with van der Waals surface area (Å²) < 4.78 is 5.60. The van der Waals surface area contributed by atoms with Gasteiger partial charge in [-0.25, -0.2) is 0 Å². The normalized spacial score (nSPS) is 12.1. The third-order valence-electron chi connectivity index (χ3n) is 3.88. The fourth-order valence-electron chi connectivity index (χ4n) is 2.35. The van der Waals surface area contributed by atoms with Gasteiger partial charge < -0.3 is 20.5 Å². The average molecular weight is 370 g/mol. The van der Waals surface area contributed by atoms with Crippen LogP contribution >= 0.6 is 0 Å². The van der Waals surface area contributed by atoms with Gasteiger partial charge >= 0.3 is 0 Å². The molecule has 6 heteroatoms. The molecule has 3 N–H and O–H groups in total. The van der Waals surface area contributed by atoms with Crippen molar-refractivity contribution in [2.45, 2.75) is 38.8 Å². The molecule has 144 valence electrons. The summed E-state index contributed by atoms with van der Waals surface area (Å²) in [6.07, 6.45) is -0.441. The summed E-state index contributed by atoms with van der Waals surface area (Å²) in [4.78, 5) is 24.2. The number of benzene rings is 2. The Bertz CT molecular complexity index is 758. The summed E-state index contributed by atoms with van der Waals surface area (Å²) in [5.74, 6) is 0.206. The number of ether oxygens (including phenoxy) is 1. The first-order chi connectivity index (χ1) is 12.8. The van der Waals surface area contributed by atoms with Crippen molar-refractivity contribution < 1.29 is 19.4 Å². The van der Waals surface area contributed by atoms with Crippen LogP contribution in [-0.4, -0.2) is 35.2 Å². The van der Waals surface area contributed by atoms with Crippen LogP contribution in [0.1, 0.15) is 26.3 Å². The summed E-state index contributed by atoms with van der Waals surface area (Å²) >= 11 is 0. The van der Waals surface area contributed by atoms with Gasteiger partial charge in [-0.15, -0.1) is 0 Å². The molecular formula is C21H26N2O4. The van der Waals surface area contributed by atoms with E-state index in [2.05, 4.69) is 10.6 Å². The Kier molecular flexibility index (Phi) is 6.96. The zero-order valence-electron chi connectivity index (χ0n) is 15.9. The number of nitrogens with one attached hydrogen (secondary N) is 2. The van der Waals surface area contributed by atoms with Crippen molar-refractivity contribution in [2.75, 3.05) is 11.9 Å². The predicted molar refractivity (Wildman–Crippen MR) is 105 cm³/mol. The largest absolute Gasteiger partial charge is 0.481 e. The van der Waals surface area contributed by atoms with Crippen LogP contribution in [0.3, 0.4) is 0 Å². The molecule has 0 saturated carbocycles. The maximum Gasteiger partial charge on any atom is 0.265 e. The molecule has 0 spiro atoms. The Hall–Kier alpha value is -2.86. The number of hydrogen-bond donors (Lipinski definition) is 3. The molecule has 2 aromatic rings. The van der Waals surface area contributed by atoms with Crippen molar-refractivity contribution in [3.05, 3.63) is 60.2 Å². The van der Waals surface area contributed by atoms with Crippen LogP contribution in [0.25, 0.3) is 0 Å². The highest BCUT2D eigenvalue weighted by Crippen LogP contribution is 2.14. The lowest BCUT2D eigenvalue weighted by atomic mass is 10.1. The van der Waals surface area contributed by atoms with Crippen LogP contribution in [0.2, 0.25) is 0 Å². The lowest BCUT2D eigenvalue weighted by Gasteiger charge is -2.23. The van der Waals surface area contributed by atoms with Gasteiger partial charge in [0.05, 0.1) is 18.6 Å². The summed E-state index contributed by atoms with van der Waals surface area (Å²) in [5.41, 5.74) is 0.788. The van der Waals surface area contributed by atoms with E-state index in [4.69, 9.17) is 4.74 Å². The van der Waals surface area contributed by atoms with Crippen LogP contribution in [0, 0.1) is 0 Å². The molecule has 0 aliphatic heterocycles. The van der Waals surface area contributed by atoms with Gasteiger partial charge in [-0.1, -0.05) is 30.3 Å². The van der Waals surface area contributed by atoms with Crippen LogP contribution < -0.4 is 15.4 Å². The molecule has 0 aromatic heterocycles. The highest BCUT2D eigenvalue weighted by Gasteiger charge is 2.19. The highest BCUT2D eigenvalue weighted by molar-refractivity contribution is 5.94. The molecule has 2 rings (SSSR count). The molecule has 0 bridgehead atoms. The van der Waals surface area contributed by atoms with Crippen LogP contribution in [-0.2, 0) is 16.0 Å². The molecule has 2 amide bonds. The van der Waals surface area contributed by atoms with Crippen molar-refractivity contribution in [1.82, 2.24) is 5.32 Å². The van der Waals surface area contributed by atoms with Crippen LogP contribution in [0.4, 0.5) is 5.69 Å². The molecule has 1 atom stereocenters. The zero-order valence-corrected chi connectivity index (χ0v) is 15.9. The van der Waals surface area contributed by atoms with E-state index >= 15 is 0 Å². The van der Waals surface area contributed by atoms with Gasteiger partial charge in [-0.3, -0.25) is 9.59 Å². The molecule has 0 aliphatic rings. The van der Waals surface area contributed by atoms with Crippen molar-refractivity contribution in [3.63, 3.8) is 0 Å². The molecule has 1 unspecified atom stereocenters. The van der Waals surface area contributed by atoms with Gasteiger partial charge in [0.25, 0.3) is 5.91 Å². The number of carbonyl (C=O) groups is 2. The minimum atomic E-state index is -0.653. The van der Waals surface area contributed by atoms with Crippen LogP contribution in [0.5, 0.6) is 5.75 Å². The highest BCUT2D eigenvalue weighted by atomic mass is 16.5. The van der Waals surface area contributed by atoms with Gasteiger partial charge in [-0.05, 0) is 50.6 Å². The minimum absolute atomic E-state index is 0.132. The maximum absolute atomic E-state index is 12.2. The van der Waals surface area contributed by atoms with E-state index in [1.54, 1.807) is 57.2 Å². The Balaban J connectivity index is 1.87. The zero-order chi connectivity index (χ0) is 19.9. The Morgan fingerprint density at radius 3 is 2.30 bits per heavy atom. The first-order valence-corrected chi connectivity index (χ1v) is 8.82. The van der Waals surface area contributed by atoms with Crippen molar-refractivity contribution in [1.29, 1.82) is 0 Å². The number of carbonyl (C=O) groups excluding carboxylic acids is 2. The smallest absolute Gasteiger partial charge is 0.265 e. The number of aliphatic hydroxyl groups is 1. The molecular weight excluding hydrogens is 344 g/mol. The van der Waals surface area contributed by atoms with E-state index < -0.39 is 11.6 Å². The van der Waals surface area contributed by atoms with E-state index in [-0.39, 0.29) is 24.8 Å². The van der Waals surface area contributed by atoms with E-state index in [9.17, 15) is 14.7 Å². The number of amides is 2. The molecule has 0 radical (unpaired) electrons. The molecule has 6 nitrogen and oxygen atoms in total. The second kappa shape index (κ2) is 9.19. The molecule has 2 aromatic carbocycles. The molecule has 27 heavy (non-hydrogen) atoms. The minimum Gasteiger partial charge on any atom is -0.481 e. The number of hydrogen-bond acceptors (Lipinski definition) is 4. The topological polar surface area (TPSA) is 87.7 Å². The number of aliphatic hydroxyl groups excluding tert-OH is 1. The number of rotatable bonds is 8. The maximum atomic E-state index is 12.2. The van der Waals surface area contributed by atoms with E-state index in [1.807, 2.05) is 18.2 Å². The standard InChI is InChI=1S/C21H26N2O4/c1-15(27-18-7-5-4-6-8-18)20(26)22-17-11-9-16(10-12-17)13-19(25)23-21(2,3)14-24/h4-12,15,24H,13-14H2,1-3H3,(H,22,26)(H,23,25). The predicted octanol–water partition coefficient (Wildman–Crippen LogP) is 2.52. The second-order valence-corrected chi connectivity index (χ2v) is 7.03. The van der Waals surface area contributed by atoms with Gasteiger partial charge in [0, 0.05) is 5.69 Å². The third-order valence-corrected chi connectivity index (χ3v) is 3.88. The fourth-order valence-corrected chi connectivity index (χ4v) is 2.35. The first-order valence-electron chi connectivity index (χ1n) is 8.82. The average Bonchev–Trinajstić information content (AvgIpc) is 2.63. The summed E-state index contributed by atoms with van der Waals surface area (Å²) in [6.45, 7) is 5.06. The van der Waals surface area contributed by atoms with Gasteiger partial charge in [-0.2, -0.15) is 0 Å². The van der Waals surface area contributed by atoms with Gasteiger partial charge in [0.2, 0.25) is 5.91 Å². The summed E-state index contributed by atoms with van der Waals surface area (Å²) in [7, 11) is 0.